The molecule has 0 aliphatic carbocycles. The second kappa shape index (κ2) is 12.0. The molecule has 1 aliphatic rings. The van der Waals surface area contributed by atoms with Gasteiger partial charge in [0.2, 0.25) is 5.91 Å². The molecule has 0 radical (unpaired) electrons. The number of hydrogen-bond donors (Lipinski definition) is 1. The summed E-state index contributed by atoms with van der Waals surface area (Å²) in [4.78, 5) is 29.0. The van der Waals surface area contributed by atoms with Crippen LogP contribution in [0.25, 0.3) is 11.1 Å². The Labute approximate surface area is 212 Å². The summed E-state index contributed by atoms with van der Waals surface area (Å²) in [6, 6.07) is 22.9. The molecule has 1 heterocycles. The summed E-state index contributed by atoms with van der Waals surface area (Å²) in [6.07, 6.45) is 0. The Bertz CT molecular complexity index is 1150. The summed E-state index contributed by atoms with van der Waals surface area (Å²) >= 11 is 0. The Balaban J connectivity index is 0.00000342. The van der Waals surface area contributed by atoms with Gasteiger partial charge in [-0.2, -0.15) is 0 Å². The molecule has 0 saturated carbocycles. The SMILES string of the molecule is Cc1ccc(F)cc1C(=O)N1CCN(C(=O)CNC(C)c2ccc(-c3ccccc3)cc2)CC1.Cl. The van der Waals surface area contributed by atoms with Crippen LogP contribution in [-0.2, 0) is 4.79 Å². The van der Waals surface area contributed by atoms with Crippen LogP contribution in [0.2, 0.25) is 0 Å². The molecule has 1 aliphatic heterocycles. The van der Waals surface area contributed by atoms with E-state index in [0.29, 0.717) is 31.7 Å². The van der Waals surface area contributed by atoms with E-state index >= 15 is 0 Å². The molecule has 0 bridgehead atoms. The zero-order valence-electron chi connectivity index (χ0n) is 20.0. The fourth-order valence-corrected chi connectivity index (χ4v) is 4.22. The van der Waals surface area contributed by atoms with E-state index in [2.05, 4.69) is 41.7 Å². The van der Waals surface area contributed by atoms with E-state index in [1.165, 1.54) is 17.7 Å². The normalized spacial score (nSPS) is 14.3. The van der Waals surface area contributed by atoms with Crippen LogP contribution in [0.4, 0.5) is 4.39 Å². The van der Waals surface area contributed by atoms with Gasteiger partial charge in [0.1, 0.15) is 5.82 Å². The van der Waals surface area contributed by atoms with Crippen molar-refractivity contribution in [2.45, 2.75) is 19.9 Å². The fourth-order valence-electron chi connectivity index (χ4n) is 4.22. The Morgan fingerprint density at radius 3 is 2.14 bits per heavy atom. The number of carbonyl (C=O) groups is 2. The minimum Gasteiger partial charge on any atom is -0.338 e. The largest absolute Gasteiger partial charge is 0.338 e. The average Bonchev–Trinajstić information content (AvgIpc) is 2.88. The molecule has 7 heteroatoms. The second-order valence-electron chi connectivity index (χ2n) is 8.72. The summed E-state index contributed by atoms with van der Waals surface area (Å²) in [7, 11) is 0. The van der Waals surface area contributed by atoms with E-state index < -0.39 is 5.82 Å². The van der Waals surface area contributed by atoms with Gasteiger partial charge in [-0.05, 0) is 48.2 Å². The molecule has 4 rings (SSSR count). The van der Waals surface area contributed by atoms with Gasteiger partial charge in [-0.1, -0.05) is 60.7 Å². The van der Waals surface area contributed by atoms with Gasteiger partial charge in [-0.3, -0.25) is 9.59 Å². The van der Waals surface area contributed by atoms with Crippen LogP contribution in [0.3, 0.4) is 0 Å². The molecular weight excluding hydrogens is 465 g/mol. The molecule has 1 N–H and O–H groups in total. The molecule has 35 heavy (non-hydrogen) atoms. The predicted octanol–water partition coefficient (Wildman–Crippen LogP) is 4.86. The van der Waals surface area contributed by atoms with Crippen LogP contribution in [0.15, 0.2) is 72.8 Å². The lowest BCUT2D eigenvalue weighted by molar-refractivity contribution is -0.131. The summed E-state index contributed by atoms with van der Waals surface area (Å²) in [5.41, 5.74) is 4.59. The molecule has 3 aromatic carbocycles. The van der Waals surface area contributed by atoms with Gasteiger partial charge in [0.15, 0.2) is 0 Å². The highest BCUT2D eigenvalue weighted by Crippen LogP contribution is 2.22. The zero-order valence-corrected chi connectivity index (χ0v) is 20.9. The van der Waals surface area contributed by atoms with Crippen molar-refractivity contribution in [1.82, 2.24) is 15.1 Å². The van der Waals surface area contributed by atoms with Crippen molar-refractivity contribution in [2.24, 2.45) is 0 Å². The summed E-state index contributed by atoms with van der Waals surface area (Å²) < 4.78 is 13.6. The first kappa shape index (κ1) is 26.4. The van der Waals surface area contributed by atoms with Crippen molar-refractivity contribution < 1.29 is 14.0 Å². The van der Waals surface area contributed by atoms with E-state index in [1.54, 1.807) is 22.8 Å². The first-order valence-corrected chi connectivity index (χ1v) is 11.6. The molecule has 2 amide bonds. The number of aryl methyl sites for hydroxylation is 1. The van der Waals surface area contributed by atoms with Gasteiger partial charge in [-0.25, -0.2) is 4.39 Å². The van der Waals surface area contributed by atoms with Crippen molar-refractivity contribution >= 4 is 24.2 Å². The molecule has 3 aromatic rings. The van der Waals surface area contributed by atoms with Gasteiger partial charge in [0.05, 0.1) is 6.54 Å². The first-order chi connectivity index (χ1) is 16.4. The van der Waals surface area contributed by atoms with Crippen LogP contribution in [0.1, 0.15) is 34.5 Å². The number of halogens is 2. The highest BCUT2D eigenvalue weighted by atomic mass is 35.5. The molecule has 0 spiro atoms. The van der Waals surface area contributed by atoms with Crippen molar-refractivity contribution in [2.75, 3.05) is 32.7 Å². The lowest BCUT2D eigenvalue weighted by atomic mass is 10.0. The third kappa shape index (κ3) is 6.47. The smallest absolute Gasteiger partial charge is 0.254 e. The van der Waals surface area contributed by atoms with Crippen LogP contribution in [-0.4, -0.2) is 54.3 Å². The quantitative estimate of drug-likeness (QED) is 0.531. The molecule has 0 aromatic heterocycles. The molecular formula is C28H31ClFN3O2. The van der Waals surface area contributed by atoms with Crippen LogP contribution in [0, 0.1) is 12.7 Å². The lowest BCUT2D eigenvalue weighted by Gasteiger charge is -2.35. The molecule has 1 fully saturated rings. The number of carbonyl (C=O) groups excluding carboxylic acids is 2. The van der Waals surface area contributed by atoms with Gasteiger partial charge in [-0.15, -0.1) is 12.4 Å². The number of piperazine rings is 1. The molecule has 5 nitrogen and oxygen atoms in total. The number of nitrogens with zero attached hydrogens (tertiary/aromatic N) is 2. The van der Waals surface area contributed by atoms with Crippen LogP contribution < -0.4 is 5.32 Å². The maximum atomic E-state index is 13.6. The van der Waals surface area contributed by atoms with Crippen LogP contribution in [0.5, 0.6) is 0 Å². The lowest BCUT2D eigenvalue weighted by Crippen LogP contribution is -2.52. The number of amides is 2. The van der Waals surface area contributed by atoms with Gasteiger partial charge >= 0.3 is 0 Å². The zero-order chi connectivity index (χ0) is 24.1. The Morgan fingerprint density at radius 1 is 0.886 bits per heavy atom. The third-order valence-electron chi connectivity index (χ3n) is 6.43. The number of benzene rings is 3. The van der Waals surface area contributed by atoms with E-state index in [1.807, 2.05) is 25.1 Å². The third-order valence-corrected chi connectivity index (χ3v) is 6.43. The van der Waals surface area contributed by atoms with E-state index in [4.69, 9.17) is 0 Å². The monoisotopic (exact) mass is 495 g/mol. The Morgan fingerprint density at radius 2 is 1.49 bits per heavy atom. The van der Waals surface area contributed by atoms with Crippen molar-refractivity contribution in [3.63, 3.8) is 0 Å². The second-order valence-corrected chi connectivity index (χ2v) is 8.72. The molecule has 1 saturated heterocycles. The van der Waals surface area contributed by atoms with E-state index in [-0.39, 0.29) is 36.8 Å². The van der Waals surface area contributed by atoms with Gasteiger partial charge < -0.3 is 15.1 Å². The van der Waals surface area contributed by atoms with Crippen molar-refractivity contribution in [1.29, 1.82) is 0 Å². The fraction of sp³-hybridized carbons (Fsp3) is 0.286. The van der Waals surface area contributed by atoms with E-state index in [9.17, 15) is 14.0 Å². The number of hydrogen-bond acceptors (Lipinski definition) is 3. The van der Waals surface area contributed by atoms with Crippen molar-refractivity contribution in [3.05, 3.63) is 95.3 Å². The molecule has 184 valence electrons. The highest BCUT2D eigenvalue weighted by molar-refractivity contribution is 5.95. The van der Waals surface area contributed by atoms with Gasteiger partial charge in [0, 0.05) is 37.8 Å². The summed E-state index contributed by atoms with van der Waals surface area (Å²) in [5, 5.41) is 3.32. The Hall–Kier alpha value is -3.22. The Kier molecular flexibility index (Phi) is 9.01. The van der Waals surface area contributed by atoms with E-state index in [0.717, 1.165) is 16.7 Å². The topological polar surface area (TPSA) is 52.7 Å². The first-order valence-electron chi connectivity index (χ1n) is 11.6. The maximum absolute atomic E-state index is 13.6. The van der Waals surface area contributed by atoms with Crippen LogP contribution >= 0.6 is 12.4 Å². The van der Waals surface area contributed by atoms with Gasteiger partial charge in [0.25, 0.3) is 5.91 Å². The summed E-state index contributed by atoms with van der Waals surface area (Å²) in [6.45, 7) is 5.91. The molecule has 1 unspecified atom stereocenters. The summed E-state index contributed by atoms with van der Waals surface area (Å²) in [5.74, 6) is -0.589. The average molecular weight is 496 g/mol. The standard InChI is InChI=1S/C28H30FN3O2.ClH/c1-20-8-13-25(29)18-26(20)28(34)32-16-14-31(15-17-32)27(33)19-30-21(2)22-9-11-24(12-10-22)23-6-4-3-5-7-23;/h3-13,18,21,30H,14-17,19H2,1-2H3;1H. The maximum Gasteiger partial charge on any atom is 0.254 e. The predicted molar refractivity (Wildman–Crippen MR) is 139 cm³/mol. The number of rotatable bonds is 6. The minimum absolute atomic E-state index is 0. The molecule has 1 atom stereocenters. The highest BCUT2D eigenvalue weighted by Gasteiger charge is 2.26. The van der Waals surface area contributed by atoms with Crippen molar-refractivity contribution in [3.8, 4) is 11.1 Å². The number of nitrogens with one attached hydrogen (secondary N) is 1. The minimum atomic E-state index is -0.419.